The van der Waals surface area contributed by atoms with Crippen molar-refractivity contribution < 1.29 is 17.4 Å². The molecule has 5 nitrogen and oxygen atoms in total. The van der Waals surface area contributed by atoms with Crippen molar-refractivity contribution in [1.82, 2.24) is 5.32 Å². The topological polar surface area (TPSA) is 72.5 Å². The summed E-state index contributed by atoms with van der Waals surface area (Å²) in [7, 11) is -3.89. The molecule has 0 amide bonds. The third-order valence-corrected chi connectivity index (χ3v) is 6.05. The number of hydrogen-bond acceptors (Lipinski definition) is 5. The predicted octanol–water partition coefficient (Wildman–Crippen LogP) is 3.88. The minimum absolute atomic E-state index is 0.102. The van der Waals surface area contributed by atoms with Crippen molar-refractivity contribution >= 4 is 16.4 Å². The van der Waals surface area contributed by atoms with E-state index >= 15 is 0 Å². The second-order valence-corrected chi connectivity index (χ2v) is 8.65. The second-order valence-electron chi connectivity index (χ2n) is 7.10. The molecule has 156 valence electrons. The predicted molar refractivity (Wildman–Crippen MR) is 117 cm³/mol. The van der Waals surface area contributed by atoms with Crippen molar-refractivity contribution in [3.8, 4) is 5.75 Å². The van der Waals surface area contributed by atoms with E-state index in [1.807, 2.05) is 25.1 Å². The standard InChI is InChI=1S/C24H25NO4S/c1-19-7-13-24(14-8-19)30(27,28)29-23-11-9-21(10-12-23)22(18-26)17-25-16-15-20-5-3-2-4-6-20/h2-14,18,22,25H,15-17H2,1H3. The fourth-order valence-corrected chi connectivity index (χ4v) is 3.96. The fraction of sp³-hybridized carbons (Fsp3) is 0.208. The molecule has 1 N–H and O–H groups in total. The van der Waals surface area contributed by atoms with Crippen LogP contribution in [0.4, 0.5) is 0 Å². The minimum Gasteiger partial charge on any atom is -0.379 e. The van der Waals surface area contributed by atoms with E-state index in [4.69, 9.17) is 4.18 Å². The summed E-state index contributed by atoms with van der Waals surface area (Å²) in [6, 6.07) is 23.2. The van der Waals surface area contributed by atoms with E-state index < -0.39 is 10.1 Å². The van der Waals surface area contributed by atoms with Crippen LogP contribution in [0.3, 0.4) is 0 Å². The molecule has 0 fully saturated rings. The average Bonchev–Trinajstić information content (AvgIpc) is 2.75. The molecule has 0 bridgehead atoms. The lowest BCUT2D eigenvalue weighted by Gasteiger charge is -2.13. The first-order chi connectivity index (χ1) is 14.5. The van der Waals surface area contributed by atoms with Gasteiger partial charge in [0.15, 0.2) is 0 Å². The molecule has 6 heteroatoms. The van der Waals surface area contributed by atoms with Gasteiger partial charge >= 0.3 is 10.1 Å². The molecule has 3 aromatic carbocycles. The first-order valence-corrected chi connectivity index (χ1v) is 11.2. The highest BCUT2D eigenvalue weighted by molar-refractivity contribution is 7.87. The van der Waals surface area contributed by atoms with Crippen LogP contribution in [0.1, 0.15) is 22.6 Å². The molecule has 0 saturated heterocycles. The molecule has 1 unspecified atom stereocenters. The van der Waals surface area contributed by atoms with Crippen molar-refractivity contribution in [1.29, 1.82) is 0 Å². The van der Waals surface area contributed by atoms with E-state index in [0.29, 0.717) is 6.54 Å². The summed E-state index contributed by atoms with van der Waals surface area (Å²) in [4.78, 5) is 11.6. The molecule has 1 atom stereocenters. The van der Waals surface area contributed by atoms with E-state index in [9.17, 15) is 13.2 Å². The summed E-state index contributed by atoms with van der Waals surface area (Å²) in [5.74, 6) is -0.107. The molecule has 0 heterocycles. The zero-order valence-corrected chi connectivity index (χ0v) is 17.6. The molecular weight excluding hydrogens is 398 g/mol. The summed E-state index contributed by atoms with van der Waals surface area (Å²) >= 11 is 0. The molecule has 3 rings (SSSR count). The van der Waals surface area contributed by atoms with Gasteiger partial charge in [0, 0.05) is 6.54 Å². The number of aryl methyl sites for hydroxylation is 1. The highest BCUT2D eigenvalue weighted by Gasteiger charge is 2.17. The average molecular weight is 424 g/mol. The van der Waals surface area contributed by atoms with E-state index in [1.54, 1.807) is 36.4 Å². The first kappa shape index (κ1) is 21.7. The molecule has 0 aliphatic carbocycles. The van der Waals surface area contributed by atoms with Gasteiger partial charge in [0.25, 0.3) is 0 Å². The maximum Gasteiger partial charge on any atom is 0.339 e. The highest BCUT2D eigenvalue weighted by atomic mass is 32.2. The Morgan fingerprint density at radius 2 is 1.60 bits per heavy atom. The highest BCUT2D eigenvalue weighted by Crippen LogP contribution is 2.22. The Bertz CT molecular complexity index is 1050. The number of benzene rings is 3. The van der Waals surface area contributed by atoms with Gasteiger partial charge in [0.1, 0.15) is 16.9 Å². The number of nitrogens with one attached hydrogen (secondary N) is 1. The van der Waals surface area contributed by atoms with Crippen molar-refractivity contribution in [2.75, 3.05) is 13.1 Å². The summed E-state index contributed by atoms with van der Waals surface area (Å²) in [6.07, 6.45) is 1.78. The van der Waals surface area contributed by atoms with E-state index in [2.05, 4.69) is 17.4 Å². The van der Waals surface area contributed by atoms with Crippen LogP contribution in [-0.2, 0) is 21.3 Å². The third kappa shape index (κ3) is 6.02. The molecule has 30 heavy (non-hydrogen) atoms. The zero-order valence-electron chi connectivity index (χ0n) is 16.8. The van der Waals surface area contributed by atoms with Crippen molar-refractivity contribution in [3.63, 3.8) is 0 Å². The van der Waals surface area contributed by atoms with Gasteiger partial charge in [-0.2, -0.15) is 8.42 Å². The van der Waals surface area contributed by atoms with Crippen molar-refractivity contribution in [2.45, 2.75) is 24.2 Å². The van der Waals surface area contributed by atoms with Crippen LogP contribution in [0.15, 0.2) is 83.8 Å². The van der Waals surface area contributed by atoms with Gasteiger partial charge < -0.3 is 14.3 Å². The summed E-state index contributed by atoms with van der Waals surface area (Å²) in [5.41, 5.74) is 3.01. The Morgan fingerprint density at radius 3 is 2.23 bits per heavy atom. The molecule has 0 radical (unpaired) electrons. The number of aldehydes is 1. The number of rotatable bonds is 10. The van der Waals surface area contributed by atoms with E-state index in [0.717, 1.165) is 30.4 Å². The van der Waals surface area contributed by atoms with Crippen LogP contribution in [0.5, 0.6) is 5.75 Å². The molecule has 0 aromatic heterocycles. The first-order valence-electron chi connectivity index (χ1n) is 9.79. The molecule has 0 saturated carbocycles. The Hall–Kier alpha value is -2.96. The van der Waals surface area contributed by atoms with E-state index in [-0.39, 0.29) is 16.6 Å². The fourth-order valence-electron chi connectivity index (χ4n) is 3.03. The van der Waals surface area contributed by atoms with Crippen LogP contribution in [0.25, 0.3) is 0 Å². The summed E-state index contributed by atoms with van der Waals surface area (Å²) in [6.45, 7) is 3.17. The van der Waals surface area contributed by atoms with Gasteiger partial charge in [-0.1, -0.05) is 60.2 Å². The Labute approximate surface area is 177 Å². The number of carbonyl (C=O) groups is 1. The van der Waals surface area contributed by atoms with Crippen LogP contribution < -0.4 is 9.50 Å². The van der Waals surface area contributed by atoms with Crippen LogP contribution in [0.2, 0.25) is 0 Å². The zero-order chi connectivity index (χ0) is 21.4. The quantitative estimate of drug-likeness (QED) is 0.304. The molecule has 3 aromatic rings. The van der Waals surface area contributed by atoms with Crippen LogP contribution >= 0.6 is 0 Å². The lowest BCUT2D eigenvalue weighted by molar-refractivity contribution is -0.109. The smallest absolute Gasteiger partial charge is 0.339 e. The minimum atomic E-state index is -3.89. The summed E-state index contributed by atoms with van der Waals surface area (Å²) in [5, 5.41) is 3.30. The number of hydrogen-bond donors (Lipinski definition) is 1. The Balaban J connectivity index is 1.56. The SMILES string of the molecule is Cc1ccc(S(=O)(=O)Oc2ccc(C(C=O)CNCCc3ccccc3)cc2)cc1. The van der Waals surface area contributed by atoms with Crippen LogP contribution in [0, 0.1) is 6.92 Å². The molecule has 0 spiro atoms. The van der Waals surface area contributed by atoms with Gasteiger partial charge in [-0.3, -0.25) is 0 Å². The van der Waals surface area contributed by atoms with Gasteiger partial charge in [-0.05, 0) is 55.3 Å². The van der Waals surface area contributed by atoms with Crippen molar-refractivity contribution in [2.24, 2.45) is 0 Å². The Morgan fingerprint density at radius 1 is 0.933 bits per heavy atom. The lowest BCUT2D eigenvalue weighted by Crippen LogP contribution is -2.24. The number of carbonyl (C=O) groups excluding carboxylic acids is 1. The lowest BCUT2D eigenvalue weighted by atomic mass is 10.0. The summed E-state index contributed by atoms with van der Waals surface area (Å²) < 4.78 is 30.0. The van der Waals surface area contributed by atoms with Gasteiger partial charge in [0.2, 0.25) is 0 Å². The monoisotopic (exact) mass is 423 g/mol. The molecule has 0 aliphatic rings. The maximum absolute atomic E-state index is 12.4. The maximum atomic E-state index is 12.4. The van der Waals surface area contributed by atoms with E-state index in [1.165, 1.54) is 17.7 Å². The van der Waals surface area contributed by atoms with Gasteiger partial charge in [-0.15, -0.1) is 0 Å². The van der Waals surface area contributed by atoms with Gasteiger partial charge in [0.05, 0.1) is 5.92 Å². The van der Waals surface area contributed by atoms with Gasteiger partial charge in [-0.25, -0.2) is 0 Å². The molecule has 0 aliphatic heterocycles. The Kier molecular flexibility index (Phi) is 7.38. The largest absolute Gasteiger partial charge is 0.379 e. The third-order valence-electron chi connectivity index (χ3n) is 4.79. The second kappa shape index (κ2) is 10.2. The van der Waals surface area contributed by atoms with Crippen molar-refractivity contribution in [3.05, 3.63) is 95.6 Å². The normalized spacial score (nSPS) is 12.3. The molecular formula is C24H25NO4S. The van der Waals surface area contributed by atoms with Crippen LogP contribution in [-0.4, -0.2) is 27.8 Å².